The van der Waals surface area contributed by atoms with Gasteiger partial charge in [-0.15, -0.1) is 0 Å². The summed E-state index contributed by atoms with van der Waals surface area (Å²) in [4.78, 5) is 35.6. The SMILES string of the molecule is Cc1cc(Br)cc2c(C3=Nc4c(c5cccnc5c5ncccc45)C3)c[nH]c12.c1ccc(COc2ccc3[nH]cc(C4=Nc5c(c6cccnc6c6ncccc56)C4)c3c2)cc1. The third-order valence-corrected chi connectivity index (χ3v) is 12.5. The number of pyridine rings is 4. The predicted molar refractivity (Wildman–Crippen MR) is 254 cm³/mol. The lowest BCUT2D eigenvalue weighted by atomic mass is 9.97. The average molecular weight is 868 g/mol. The Bertz CT molecular complexity index is 3680. The number of rotatable bonds is 5. The summed E-state index contributed by atoms with van der Waals surface area (Å²) in [5.41, 5.74) is 17.2. The Morgan fingerprint density at radius 1 is 0.548 bits per heavy atom. The van der Waals surface area contributed by atoms with Crippen LogP contribution in [0.5, 0.6) is 5.75 Å². The molecule has 0 radical (unpaired) electrons. The summed E-state index contributed by atoms with van der Waals surface area (Å²) in [6.07, 6.45) is 13.0. The fourth-order valence-corrected chi connectivity index (χ4v) is 9.78. The van der Waals surface area contributed by atoms with Gasteiger partial charge in [0.25, 0.3) is 0 Å². The van der Waals surface area contributed by atoms with Crippen molar-refractivity contribution in [1.29, 1.82) is 0 Å². The van der Waals surface area contributed by atoms with Crippen molar-refractivity contribution in [2.24, 2.45) is 9.98 Å². The van der Waals surface area contributed by atoms with Gasteiger partial charge in [-0.2, -0.15) is 0 Å². The van der Waals surface area contributed by atoms with E-state index in [-0.39, 0.29) is 0 Å². The summed E-state index contributed by atoms with van der Waals surface area (Å²) >= 11 is 3.63. The number of aliphatic imine (C=N–C) groups is 2. The molecule has 2 aliphatic rings. The monoisotopic (exact) mass is 866 g/mol. The Hall–Kier alpha value is -7.56. The van der Waals surface area contributed by atoms with Gasteiger partial charge in [-0.1, -0.05) is 58.4 Å². The minimum atomic E-state index is 0.538. The molecule has 0 atom stereocenters. The molecule has 0 saturated heterocycles. The highest BCUT2D eigenvalue weighted by atomic mass is 79.9. The van der Waals surface area contributed by atoms with E-state index in [2.05, 4.69) is 126 Å². The lowest BCUT2D eigenvalue weighted by Crippen LogP contribution is -2.00. The molecule has 6 aromatic heterocycles. The van der Waals surface area contributed by atoms with Crippen LogP contribution in [0.25, 0.3) is 65.4 Å². The number of aromatic nitrogens is 6. The molecule has 11 aromatic rings. The fourth-order valence-electron chi connectivity index (χ4n) is 9.21. The molecule has 0 aliphatic carbocycles. The number of aromatic amines is 2. The molecule has 0 bridgehead atoms. The normalized spacial score (nSPS) is 13.1. The highest BCUT2D eigenvalue weighted by molar-refractivity contribution is 9.10. The highest BCUT2D eigenvalue weighted by Crippen LogP contribution is 2.43. The van der Waals surface area contributed by atoms with Crippen LogP contribution in [0.1, 0.15) is 33.4 Å². The second-order valence-corrected chi connectivity index (χ2v) is 16.7. The maximum Gasteiger partial charge on any atom is 0.120 e. The Kier molecular flexibility index (Phi) is 8.53. The molecule has 0 amide bonds. The number of hydrogen-bond acceptors (Lipinski definition) is 7. The molecule has 10 heteroatoms. The Morgan fingerprint density at radius 3 is 1.71 bits per heavy atom. The van der Waals surface area contributed by atoms with E-state index < -0.39 is 0 Å². The van der Waals surface area contributed by atoms with Gasteiger partial charge in [0.1, 0.15) is 12.4 Å². The summed E-state index contributed by atoms with van der Waals surface area (Å²) in [5.74, 6) is 0.845. The molecule has 5 aromatic carbocycles. The number of benzene rings is 5. The number of nitrogens with one attached hydrogen (secondary N) is 2. The van der Waals surface area contributed by atoms with E-state index in [0.717, 1.165) is 123 Å². The van der Waals surface area contributed by atoms with Crippen LogP contribution in [0.4, 0.5) is 11.4 Å². The quantitative estimate of drug-likeness (QED) is 0.167. The summed E-state index contributed by atoms with van der Waals surface area (Å²) in [5, 5.41) is 6.68. The van der Waals surface area contributed by atoms with E-state index in [1.165, 1.54) is 22.1 Å². The van der Waals surface area contributed by atoms with Crippen LogP contribution >= 0.6 is 15.9 Å². The molecule has 0 spiro atoms. The van der Waals surface area contributed by atoms with E-state index in [9.17, 15) is 0 Å². The van der Waals surface area contributed by atoms with Gasteiger partial charge in [0.2, 0.25) is 0 Å². The average Bonchev–Trinajstić information content (AvgIpc) is 4.14. The Labute approximate surface area is 363 Å². The van der Waals surface area contributed by atoms with Gasteiger partial charge in [0, 0.05) is 109 Å². The Balaban J connectivity index is 0.000000135. The summed E-state index contributed by atoms with van der Waals surface area (Å²) in [7, 11) is 0. The fraction of sp³-hybridized carbons (Fsp3) is 0.0769. The minimum absolute atomic E-state index is 0.538. The molecule has 9 nitrogen and oxygen atoms in total. The standard InChI is InChI=1S/C29H20N4O.C23H15BrN4/c1-2-6-18(7-3-1)17-34-19-10-11-25-22(14-19)24(16-32-25)26-15-23-20-8-4-12-30-28(20)29-21(27(23)33-26)9-5-13-31-29;1-12-8-13(24)9-16-18(11-27-20(12)16)19-10-17-14-4-2-6-25-22(14)23-15(21(17)28-19)5-3-7-26-23/h1-14,16,32H,15,17H2;2-9,11,27H,10H2,1H3. The molecule has 0 unspecified atom stereocenters. The van der Waals surface area contributed by atoms with Gasteiger partial charge in [-0.05, 0) is 95.9 Å². The van der Waals surface area contributed by atoms with Gasteiger partial charge in [0.15, 0.2) is 0 Å². The minimum Gasteiger partial charge on any atom is -0.489 e. The molecular formula is C52H35BrN8O. The highest BCUT2D eigenvalue weighted by Gasteiger charge is 2.26. The number of nitrogens with zero attached hydrogens (tertiary/aromatic N) is 6. The van der Waals surface area contributed by atoms with Crippen LogP contribution in [0.2, 0.25) is 0 Å². The van der Waals surface area contributed by atoms with Gasteiger partial charge in [0.05, 0.1) is 44.9 Å². The third-order valence-electron chi connectivity index (χ3n) is 12.1. The first kappa shape index (κ1) is 36.3. The van der Waals surface area contributed by atoms with Crippen molar-refractivity contribution in [3.05, 3.63) is 184 Å². The van der Waals surface area contributed by atoms with Crippen molar-refractivity contribution < 1.29 is 4.74 Å². The van der Waals surface area contributed by atoms with Crippen LogP contribution in [0.3, 0.4) is 0 Å². The number of fused-ring (bicyclic) bond motifs is 14. The topological polar surface area (TPSA) is 117 Å². The second kappa shape index (κ2) is 14.6. The summed E-state index contributed by atoms with van der Waals surface area (Å²) in [6.45, 7) is 2.66. The zero-order valence-electron chi connectivity index (χ0n) is 33.4. The van der Waals surface area contributed by atoms with E-state index in [4.69, 9.17) is 14.7 Å². The molecular weight excluding hydrogens is 833 g/mol. The Morgan fingerprint density at radius 2 is 1.10 bits per heavy atom. The molecule has 0 saturated carbocycles. The van der Waals surface area contributed by atoms with Crippen molar-refractivity contribution in [3.8, 4) is 5.75 Å². The van der Waals surface area contributed by atoms with Crippen molar-refractivity contribution in [3.63, 3.8) is 0 Å². The van der Waals surface area contributed by atoms with Crippen LogP contribution < -0.4 is 4.74 Å². The first-order valence-electron chi connectivity index (χ1n) is 20.6. The second-order valence-electron chi connectivity index (χ2n) is 15.8. The molecule has 62 heavy (non-hydrogen) atoms. The van der Waals surface area contributed by atoms with Crippen molar-refractivity contribution >= 4 is 104 Å². The smallest absolute Gasteiger partial charge is 0.120 e. The number of H-pyrrole nitrogens is 2. The van der Waals surface area contributed by atoms with Crippen molar-refractivity contribution in [2.45, 2.75) is 26.4 Å². The van der Waals surface area contributed by atoms with Crippen LogP contribution in [-0.4, -0.2) is 41.3 Å². The van der Waals surface area contributed by atoms with Gasteiger partial charge in [-0.25, -0.2) is 0 Å². The largest absolute Gasteiger partial charge is 0.489 e. The van der Waals surface area contributed by atoms with Gasteiger partial charge in [-0.3, -0.25) is 29.9 Å². The van der Waals surface area contributed by atoms with E-state index in [1.54, 1.807) is 0 Å². The van der Waals surface area contributed by atoms with Gasteiger partial charge >= 0.3 is 0 Å². The van der Waals surface area contributed by atoms with E-state index >= 15 is 0 Å². The maximum atomic E-state index is 6.09. The molecule has 2 aliphatic heterocycles. The van der Waals surface area contributed by atoms with Gasteiger partial charge < -0.3 is 14.7 Å². The molecule has 2 N–H and O–H groups in total. The number of halogens is 1. The summed E-state index contributed by atoms with van der Waals surface area (Å²) < 4.78 is 7.18. The lowest BCUT2D eigenvalue weighted by Gasteiger charge is -2.08. The molecule has 8 heterocycles. The predicted octanol–water partition coefficient (Wildman–Crippen LogP) is 12.5. The van der Waals surface area contributed by atoms with Crippen LogP contribution in [0.15, 0.2) is 161 Å². The van der Waals surface area contributed by atoms with E-state index in [1.807, 2.05) is 73.3 Å². The zero-order valence-corrected chi connectivity index (χ0v) is 35.0. The summed E-state index contributed by atoms with van der Waals surface area (Å²) in [6, 6.07) is 37.0. The van der Waals surface area contributed by atoms with E-state index in [0.29, 0.717) is 6.61 Å². The molecule has 296 valence electrons. The molecule has 13 rings (SSSR count). The molecule has 0 fully saturated rings. The maximum absolute atomic E-state index is 6.09. The lowest BCUT2D eigenvalue weighted by molar-refractivity contribution is 0.306. The van der Waals surface area contributed by atoms with Crippen LogP contribution in [0, 0.1) is 6.92 Å². The first-order valence-corrected chi connectivity index (χ1v) is 21.3. The van der Waals surface area contributed by atoms with Crippen LogP contribution in [-0.2, 0) is 19.4 Å². The zero-order chi connectivity index (χ0) is 41.3. The third kappa shape index (κ3) is 5.97. The van der Waals surface area contributed by atoms with Crippen molar-refractivity contribution in [1.82, 2.24) is 29.9 Å². The first-order chi connectivity index (χ1) is 30.6. The number of hydrogen-bond donors (Lipinski definition) is 2. The number of ether oxygens (including phenoxy) is 1. The number of aryl methyl sites for hydroxylation is 1. The van der Waals surface area contributed by atoms with Crippen molar-refractivity contribution in [2.75, 3.05) is 0 Å².